The molecule has 0 aromatic carbocycles. The molecule has 9 heavy (non-hydrogen) atoms. The highest BCUT2D eigenvalue weighted by Crippen LogP contribution is 2.13. The predicted molar refractivity (Wildman–Crippen MR) is 22.8 cm³/mol. The second-order valence-corrected chi connectivity index (χ2v) is 1.64. The van der Waals surface area contributed by atoms with Crippen LogP contribution in [0.25, 0.3) is 0 Å². The normalized spacial score (nSPS) is 45.0. The minimum Gasteiger partial charge on any atom is -0.308 e. The van der Waals surface area contributed by atoms with E-state index in [1.54, 1.807) is 0 Å². The summed E-state index contributed by atoms with van der Waals surface area (Å²) in [6.07, 6.45) is -6.03. The summed E-state index contributed by atoms with van der Waals surface area (Å²) in [5.41, 5.74) is 0. The van der Waals surface area contributed by atoms with Crippen LogP contribution in [0, 0.1) is 0 Å². The van der Waals surface area contributed by atoms with Crippen LogP contribution in [0.4, 0.5) is 13.2 Å². The molecule has 0 bridgehead atoms. The molecule has 3 unspecified atom stereocenters. The van der Waals surface area contributed by atoms with Gasteiger partial charge in [-0.3, -0.25) is 0 Å². The first kappa shape index (κ1) is 6.82. The van der Waals surface area contributed by atoms with E-state index >= 15 is 0 Å². The Morgan fingerprint density at radius 2 is 2.00 bits per heavy atom. The number of hydrogen-bond acceptors (Lipinski definition) is 1. The van der Waals surface area contributed by atoms with Crippen molar-refractivity contribution in [2.24, 2.45) is 0 Å². The molecule has 0 aromatic heterocycles. The molecule has 0 spiro atoms. The second-order valence-electron chi connectivity index (χ2n) is 1.64. The first-order chi connectivity index (χ1) is 4.20. The second kappa shape index (κ2) is 2.53. The molecule has 1 radical (unpaired) electrons. The van der Waals surface area contributed by atoms with Crippen LogP contribution in [0.3, 0.4) is 0 Å². The molecule has 1 rings (SSSR count). The molecule has 2 nitrogen and oxygen atoms in total. The van der Waals surface area contributed by atoms with Gasteiger partial charge in [0.15, 0.2) is 0 Å². The fourth-order valence-corrected chi connectivity index (χ4v) is 0.515. The maximum absolute atomic E-state index is 11.9. The van der Waals surface area contributed by atoms with Gasteiger partial charge >= 0.3 is 0 Å². The highest BCUT2D eigenvalue weighted by Gasteiger charge is 2.31. The summed E-state index contributed by atoms with van der Waals surface area (Å²) in [6, 6.07) is 0. The Hall–Kier alpha value is -0.290. The number of halogens is 3. The van der Waals surface area contributed by atoms with Gasteiger partial charge in [0.2, 0.25) is 19.0 Å². The third-order valence-corrected chi connectivity index (χ3v) is 0.917. The molecule has 5 heteroatoms. The third kappa shape index (κ3) is 1.56. The molecular formula is C4H5F3NO. The Labute approximate surface area is 50.0 Å². The van der Waals surface area contributed by atoms with Crippen LogP contribution in [0.2, 0.25) is 0 Å². The lowest BCUT2D eigenvalue weighted by Crippen LogP contribution is -2.42. The molecule has 0 saturated carbocycles. The van der Waals surface area contributed by atoms with E-state index in [-0.39, 0.29) is 0 Å². The van der Waals surface area contributed by atoms with Crippen molar-refractivity contribution in [2.45, 2.75) is 19.0 Å². The van der Waals surface area contributed by atoms with Crippen LogP contribution in [-0.2, 0) is 4.74 Å². The number of hydrogen-bond donors (Lipinski definition) is 0. The predicted octanol–water partition coefficient (Wildman–Crippen LogP) is 0.508. The third-order valence-electron chi connectivity index (χ3n) is 0.917. The molecule has 1 fully saturated rings. The van der Waals surface area contributed by atoms with E-state index in [0.717, 1.165) is 0 Å². The maximum atomic E-state index is 11.9. The zero-order chi connectivity index (χ0) is 6.85. The SMILES string of the molecule is FC1C[N]C(F)C(F)O1. The summed E-state index contributed by atoms with van der Waals surface area (Å²) in [7, 11) is 0. The molecule has 0 aromatic rings. The summed E-state index contributed by atoms with van der Waals surface area (Å²) in [6.45, 7) is -0.415. The van der Waals surface area contributed by atoms with E-state index in [4.69, 9.17) is 0 Å². The van der Waals surface area contributed by atoms with Crippen molar-refractivity contribution in [3.8, 4) is 0 Å². The van der Waals surface area contributed by atoms with E-state index in [1.807, 2.05) is 0 Å². The van der Waals surface area contributed by atoms with Gasteiger partial charge in [0, 0.05) is 0 Å². The van der Waals surface area contributed by atoms with Crippen molar-refractivity contribution in [2.75, 3.05) is 6.54 Å². The fraction of sp³-hybridized carbons (Fsp3) is 1.00. The van der Waals surface area contributed by atoms with Gasteiger partial charge in [0.05, 0.1) is 6.54 Å². The lowest BCUT2D eigenvalue weighted by molar-refractivity contribution is -0.200. The zero-order valence-corrected chi connectivity index (χ0v) is 4.43. The van der Waals surface area contributed by atoms with Crippen LogP contribution < -0.4 is 5.32 Å². The van der Waals surface area contributed by atoms with Crippen LogP contribution in [0.1, 0.15) is 0 Å². The zero-order valence-electron chi connectivity index (χ0n) is 4.43. The van der Waals surface area contributed by atoms with E-state index in [9.17, 15) is 13.2 Å². The average molecular weight is 140 g/mol. The van der Waals surface area contributed by atoms with E-state index < -0.39 is 25.6 Å². The van der Waals surface area contributed by atoms with Gasteiger partial charge in [-0.25, -0.2) is 13.2 Å². The van der Waals surface area contributed by atoms with Gasteiger partial charge in [0.1, 0.15) is 0 Å². The molecule has 1 aliphatic heterocycles. The van der Waals surface area contributed by atoms with Gasteiger partial charge in [-0.1, -0.05) is 0 Å². The molecular weight excluding hydrogens is 135 g/mol. The number of rotatable bonds is 0. The number of nitrogens with zero attached hydrogens (tertiary/aromatic N) is 1. The van der Waals surface area contributed by atoms with Gasteiger partial charge in [-0.05, 0) is 0 Å². The molecule has 1 heterocycles. The van der Waals surface area contributed by atoms with E-state index in [0.29, 0.717) is 0 Å². The monoisotopic (exact) mass is 140 g/mol. The Morgan fingerprint density at radius 1 is 1.33 bits per heavy atom. The van der Waals surface area contributed by atoms with Crippen LogP contribution in [0.15, 0.2) is 0 Å². The molecule has 3 atom stereocenters. The Bertz CT molecular complexity index is 102. The maximum Gasteiger partial charge on any atom is 0.248 e. The van der Waals surface area contributed by atoms with Crippen molar-refractivity contribution < 1.29 is 17.9 Å². The highest BCUT2D eigenvalue weighted by atomic mass is 19.2. The first-order valence-electron chi connectivity index (χ1n) is 2.44. The van der Waals surface area contributed by atoms with Crippen molar-refractivity contribution >= 4 is 0 Å². The van der Waals surface area contributed by atoms with Crippen molar-refractivity contribution in [1.82, 2.24) is 5.32 Å². The topological polar surface area (TPSA) is 23.3 Å². The summed E-state index contributed by atoms with van der Waals surface area (Å²) in [4.78, 5) is 0. The minimum atomic E-state index is -2.23. The largest absolute Gasteiger partial charge is 0.308 e. The van der Waals surface area contributed by atoms with Crippen LogP contribution >= 0.6 is 0 Å². The smallest absolute Gasteiger partial charge is 0.248 e. The van der Waals surface area contributed by atoms with Gasteiger partial charge < -0.3 is 4.74 Å². The molecule has 0 N–H and O–H groups in total. The number of alkyl halides is 3. The first-order valence-corrected chi connectivity index (χ1v) is 2.44. The van der Waals surface area contributed by atoms with Crippen LogP contribution in [-0.4, -0.2) is 25.6 Å². The van der Waals surface area contributed by atoms with Gasteiger partial charge in [-0.2, -0.15) is 5.32 Å². The quantitative estimate of drug-likeness (QED) is 0.449. The lowest BCUT2D eigenvalue weighted by atomic mass is 10.5. The van der Waals surface area contributed by atoms with Crippen LogP contribution in [0.5, 0.6) is 0 Å². The van der Waals surface area contributed by atoms with E-state index in [1.165, 1.54) is 0 Å². The summed E-state index contributed by atoms with van der Waals surface area (Å²) < 4.78 is 39.5. The standard InChI is InChI=1S/C4H5F3NO/c5-2-1-8-3(6)4(7)9-2/h2-4H,1H2. The van der Waals surface area contributed by atoms with Gasteiger partial charge in [0.25, 0.3) is 0 Å². The van der Waals surface area contributed by atoms with Crippen molar-refractivity contribution in [3.05, 3.63) is 0 Å². The molecule has 53 valence electrons. The Kier molecular flexibility index (Phi) is 1.92. The molecule has 1 aliphatic rings. The number of ether oxygens (including phenoxy) is 1. The Morgan fingerprint density at radius 3 is 2.44 bits per heavy atom. The highest BCUT2D eigenvalue weighted by molar-refractivity contribution is 4.64. The van der Waals surface area contributed by atoms with Gasteiger partial charge in [-0.15, -0.1) is 0 Å². The average Bonchev–Trinajstić information content (AvgIpc) is 1.80. The summed E-state index contributed by atoms with van der Waals surface area (Å²) in [5.74, 6) is 0. The number of morpholine rings is 1. The summed E-state index contributed by atoms with van der Waals surface area (Å²) >= 11 is 0. The van der Waals surface area contributed by atoms with E-state index in [2.05, 4.69) is 10.1 Å². The molecule has 1 saturated heterocycles. The lowest BCUT2D eigenvalue weighted by Gasteiger charge is -2.22. The minimum absolute atomic E-state index is 0.415. The van der Waals surface area contributed by atoms with Crippen molar-refractivity contribution in [1.29, 1.82) is 0 Å². The summed E-state index contributed by atoms with van der Waals surface area (Å²) in [5, 5.41) is 2.95. The molecule has 0 amide bonds. The Balaban J connectivity index is 2.35. The van der Waals surface area contributed by atoms with Crippen molar-refractivity contribution in [3.63, 3.8) is 0 Å². The molecule has 0 aliphatic carbocycles. The fourth-order valence-electron chi connectivity index (χ4n) is 0.515.